The number of hydrogen-bond donors (Lipinski definition) is 0. The van der Waals surface area contributed by atoms with Gasteiger partial charge in [-0.15, -0.1) is 13.2 Å². The van der Waals surface area contributed by atoms with E-state index in [0.717, 1.165) is 30.7 Å². The maximum absolute atomic E-state index is 12.2. The molecular formula is C16H19F3N2O2. The number of hydrogen-bond acceptors (Lipinski definition) is 4. The summed E-state index contributed by atoms with van der Waals surface area (Å²) >= 11 is 0. The molecule has 23 heavy (non-hydrogen) atoms. The van der Waals surface area contributed by atoms with Gasteiger partial charge in [-0.05, 0) is 43.8 Å². The molecule has 1 aromatic rings. The van der Waals surface area contributed by atoms with Crippen molar-refractivity contribution in [2.24, 2.45) is 5.16 Å². The lowest BCUT2D eigenvalue weighted by atomic mass is 9.82. The Labute approximate surface area is 132 Å². The van der Waals surface area contributed by atoms with Crippen LogP contribution in [-0.4, -0.2) is 42.2 Å². The van der Waals surface area contributed by atoms with E-state index < -0.39 is 6.36 Å². The molecule has 2 aliphatic heterocycles. The second kappa shape index (κ2) is 5.70. The average molecular weight is 328 g/mol. The van der Waals surface area contributed by atoms with E-state index in [1.807, 2.05) is 0 Å². The molecule has 7 heteroatoms. The van der Waals surface area contributed by atoms with Gasteiger partial charge in [0.05, 0.1) is 5.71 Å². The monoisotopic (exact) mass is 328 g/mol. The molecule has 1 unspecified atom stereocenters. The second-order valence-corrected chi connectivity index (χ2v) is 6.34. The van der Waals surface area contributed by atoms with Gasteiger partial charge in [-0.2, -0.15) is 0 Å². The first-order valence-corrected chi connectivity index (χ1v) is 7.58. The van der Waals surface area contributed by atoms with Crippen LogP contribution in [0.15, 0.2) is 29.4 Å². The number of piperidine rings is 1. The third-order valence-electron chi connectivity index (χ3n) is 4.60. The number of benzene rings is 1. The Bertz CT molecular complexity index is 600. The molecule has 0 saturated carbocycles. The first-order valence-electron chi connectivity index (χ1n) is 7.58. The van der Waals surface area contributed by atoms with Crippen molar-refractivity contribution in [1.82, 2.24) is 4.90 Å². The number of nitrogens with zero attached hydrogens (tertiary/aromatic N) is 2. The number of halogens is 3. The Kier molecular flexibility index (Phi) is 4.00. The number of rotatable bonds is 2. The van der Waals surface area contributed by atoms with Gasteiger partial charge in [-0.1, -0.05) is 5.16 Å². The molecule has 2 heterocycles. The van der Waals surface area contributed by atoms with Crippen LogP contribution < -0.4 is 4.74 Å². The Hall–Kier alpha value is -1.76. The average Bonchev–Trinajstić information content (AvgIpc) is 2.87. The molecule has 0 bridgehead atoms. The Balaban J connectivity index is 1.67. The topological polar surface area (TPSA) is 34.1 Å². The molecule has 1 saturated heterocycles. The van der Waals surface area contributed by atoms with Gasteiger partial charge in [0.15, 0.2) is 0 Å². The lowest BCUT2D eigenvalue weighted by molar-refractivity contribution is -0.274. The van der Waals surface area contributed by atoms with Crippen LogP contribution >= 0.6 is 0 Å². The summed E-state index contributed by atoms with van der Waals surface area (Å²) in [6.45, 7) is 3.11. The minimum atomic E-state index is -4.68. The van der Waals surface area contributed by atoms with Crippen molar-refractivity contribution in [1.29, 1.82) is 0 Å². The molecule has 3 rings (SSSR count). The van der Waals surface area contributed by atoms with Crippen molar-refractivity contribution in [2.75, 3.05) is 13.6 Å². The third-order valence-corrected chi connectivity index (χ3v) is 4.60. The maximum atomic E-state index is 12.2. The Morgan fingerprint density at radius 1 is 1.30 bits per heavy atom. The normalized spacial score (nSPS) is 28.6. The van der Waals surface area contributed by atoms with E-state index in [1.54, 1.807) is 12.1 Å². The van der Waals surface area contributed by atoms with E-state index in [9.17, 15) is 13.2 Å². The highest BCUT2D eigenvalue weighted by molar-refractivity contribution is 6.01. The Morgan fingerprint density at radius 3 is 2.61 bits per heavy atom. The molecule has 2 aliphatic rings. The van der Waals surface area contributed by atoms with Crippen molar-refractivity contribution in [3.8, 4) is 5.75 Å². The first kappa shape index (κ1) is 16.1. The molecule has 0 aliphatic carbocycles. The summed E-state index contributed by atoms with van der Waals surface area (Å²) in [5, 5.41) is 4.18. The highest BCUT2D eigenvalue weighted by Gasteiger charge is 2.44. The van der Waals surface area contributed by atoms with Crippen LogP contribution in [-0.2, 0) is 4.84 Å². The molecule has 2 atom stereocenters. The van der Waals surface area contributed by atoms with Crippen molar-refractivity contribution in [2.45, 2.75) is 44.2 Å². The molecule has 1 fully saturated rings. The zero-order valence-electron chi connectivity index (χ0n) is 13.1. The van der Waals surface area contributed by atoms with Crippen LogP contribution in [0.2, 0.25) is 0 Å². The van der Waals surface area contributed by atoms with Gasteiger partial charge in [0, 0.05) is 31.8 Å². The van der Waals surface area contributed by atoms with E-state index in [0.29, 0.717) is 12.5 Å². The highest BCUT2D eigenvalue weighted by atomic mass is 19.4. The SMILES string of the molecule is C[C@H]1CC2(CCN1C)CC(c1ccc(OC(F)(F)F)cc1)=NO2. The van der Waals surface area contributed by atoms with Gasteiger partial charge < -0.3 is 14.5 Å². The molecule has 0 radical (unpaired) electrons. The molecule has 0 aromatic heterocycles. The molecular weight excluding hydrogens is 309 g/mol. The van der Waals surface area contributed by atoms with Gasteiger partial charge in [0.1, 0.15) is 11.4 Å². The summed E-state index contributed by atoms with van der Waals surface area (Å²) in [5.74, 6) is -0.233. The van der Waals surface area contributed by atoms with Crippen molar-refractivity contribution < 1.29 is 22.7 Å². The van der Waals surface area contributed by atoms with Crippen LogP contribution in [0.4, 0.5) is 13.2 Å². The Morgan fingerprint density at radius 2 is 2.00 bits per heavy atom. The van der Waals surface area contributed by atoms with Crippen LogP contribution in [0.1, 0.15) is 31.7 Å². The van der Waals surface area contributed by atoms with Crippen LogP contribution in [0.5, 0.6) is 5.75 Å². The van der Waals surface area contributed by atoms with Gasteiger partial charge in [-0.3, -0.25) is 0 Å². The minimum absolute atomic E-state index is 0.233. The lowest BCUT2D eigenvalue weighted by Crippen LogP contribution is -2.47. The van der Waals surface area contributed by atoms with Crippen molar-refractivity contribution >= 4 is 5.71 Å². The van der Waals surface area contributed by atoms with Crippen LogP contribution in [0.25, 0.3) is 0 Å². The smallest absolute Gasteiger partial charge is 0.406 e. The quantitative estimate of drug-likeness (QED) is 0.832. The predicted molar refractivity (Wildman–Crippen MR) is 79.4 cm³/mol. The summed E-state index contributed by atoms with van der Waals surface area (Å²) in [7, 11) is 2.09. The molecule has 126 valence electrons. The van der Waals surface area contributed by atoms with Crippen LogP contribution in [0, 0.1) is 0 Å². The zero-order chi connectivity index (χ0) is 16.7. The van der Waals surface area contributed by atoms with E-state index in [4.69, 9.17) is 4.84 Å². The summed E-state index contributed by atoms with van der Waals surface area (Å²) in [4.78, 5) is 8.02. The van der Waals surface area contributed by atoms with Gasteiger partial charge in [0.2, 0.25) is 0 Å². The summed E-state index contributed by atoms with van der Waals surface area (Å²) < 4.78 is 40.4. The minimum Gasteiger partial charge on any atom is -0.406 e. The number of alkyl halides is 3. The molecule has 1 aromatic carbocycles. The predicted octanol–water partition coefficient (Wildman–Crippen LogP) is 3.56. The van der Waals surface area contributed by atoms with E-state index in [-0.39, 0.29) is 11.4 Å². The summed E-state index contributed by atoms with van der Waals surface area (Å²) in [6, 6.07) is 6.18. The van der Waals surface area contributed by atoms with Gasteiger partial charge >= 0.3 is 6.36 Å². The molecule has 4 nitrogen and oxygen atoms in total. The lowest BCUT2D eigenvalue weighted by Gasteiger charge is -2.40. The van der Waals surface area contributed by atoms with Gasteiger partial charge in [0.25, 0.3) is 0 Å². The van der Waals surface area contributed by atoms with Crippen LogP contribution in [0.3, 0.4) is 0 Å². The van der Waals surface area contributed by atoms with Crippen molar-refractivity contribution in [3.05, 3.63) is 29.8 Å². The molecule has 1 spiro atoms. The molecule has 0 amide bonds. The van der Waals surface area contributed by atoms with Crippen molar-refractivity contribution in [3.63, 3.8) is 0 Å². The fourth-order valence-corrected chi connectivity index (χ4v) is 3.17. The highest BCUT2D eigenvalue weighted by Crippen LogP contribution is 2.38. The number of ether oxygens (including phenoxy) is 1. The summed E-state index contributed by atoms with van der Waals surface area (Å²) in [6.07, 6.45) is -2.20. The first-order chi connectivity index (χ1) is 10.8. The van der Waals surface area contributed by atoms with E-state index in [1.165, 1.54) is 12.1 Å². The number of likely N-dealkylation sites (tertiary alicyclic amines) is 1. The number of oxime groups is 1. The zero-order valence-corrected chi connectivity index (χ0v) is 13.1. The van der Waals surface area contributed by atoms with E-state index >= 15 is 0 Å². The fraction of sp³-hybridized carbons (Fsp3) is 0.562. The van der Waals surface area contributed by atoms with Gasteiger partial charge in [-0.25, -0.2) is 0 Å². The summed E-state index contributed by atoms with van der Waals surface area (Å²) in [5.41, 5.74) is 1.27. The third kappa shape index (κ3) is 3.60. The largest absolute Gasteiger partial charge is 0.573 e. The standard InChI is InChI=1S/C16H19F3N2O2/c1-11-9-15(7-8-21(11)2)10-14(20-23-15)12-3-5-13(6-4-12)22-16(17,18)19/h3-6,11H,7-10H2,1-2H3/t11-,15?/m0/s1. The molecule has 0 N–H and O–H groups in total. The second-order valence-electron chi connectivity index (χ2n) is 6.34. The van der Waals surface area contributed by atoms with E-state index in [2.05, 4.69) is 28.8 Å². The fourth-order valence-electron chi connectivity index (χ4n) is 3.17. The maximum Gasteiger partial charge on any atom is 0.573 e.